The highest BCUT2D eigenvalue weighted by atomic mass is 19.1. The fourth-order valence-electron chi connectivity index (χ4n) is 3.01. The van der Waals surface area contributed by atoms with Crippen molar-refractivity contribution in [1.29, 1.82) is 5.26 Å². The van der Waals surface area contributed by atoms with Gasteiger partial charge in [-0.25, -0.2) is 14.5 Å². The quantitative estimate of drug-likeness (QED) is 0.667. The van der Waals surface area contributed by atoms with Crippen molar-refractivity contribution in [3.05, 3.63) is 71.7 Å². The minimum atomic E-state index is -0.544. The number of aromatic nitrogens is 2. The maximum Gasteiger partial charge on any atom is 0.148 e. The summed E-state index contributed by atoms with van der Waals surface area (Å²) in [5.41, 5.74) is 10.6. The van der Waals surface area contributed by atoms with E-state index in [1.165, 1.54) is 17.7 Å². The molecule has 6 nitrogen and oxygen atoms in total. The lowest BCUT2D eigenvalue weighted by Crippen LogP contribution is -2.20. The summed E-state index contributed by atoms with van der Waals surface area (Å²) in [7, 11) is 1.78. The van der Waals surface area contributed by atoms with Crippen LogP contribution >= 0.6 is 0 Å². The lowest BCUT2D eigenvalue weighted by atomic mass is 10.1. The Morgan fingerprint density at radius 2 is 1.93 bits per heavy atom. The summed E-state index contributed by atoms with van der Waals surface area (Å²) in [4.78, 5) is 0. The second-order valence-electron chi connectivity index (χ2n) is 6.10. The number of anilines is 1. The molecule has 0 unspecified atom stereocenters. The van der Waals surface area contributed by atoms with Gasteiger partial charge in [0.05, 0.1) is 16.9 Å². The molecule has 0 fully saturated rings. The van der Waals surface area contributed by atoms with Gasteiger partial charge in [0, 0.05) is 31.4 Å². The molecule has 0 aliphatic carbocycles. The van der Waals surface area contributed by atoms with Crippen LogP contribution in [0.5, 0.6) is 0 Å². The molecule has 0 amide bonds. The molecule has 0 saturated carbocycles. The van der Waals surface area contributed by atoms with Gasteiger partial charge in [0.25, 0.3) is 0 Å². The Labute approximate surface area is 155 Å². The van der Waals surface area contributed by atoms with Crippen LogP contribution in [-0.2, 0) is 0 Å². The highest BCUT2D eigenvalue weighted by molar-refractivity contribution is 5.70. The Morgan fingerprint density at radius 1 is 1.15 bits per heavy atom. The number of hydrazine groups is 1. The van der Waals surface area contributed by atoms with Gasteiger partial charge in [0.15, 0.2) is 0 Å². The zero-order chi connectivity index (χ0) is 18.8. The van der Waals surface area contributed by atoms with Crippen molar-refractivity contribution in [3.8, 4) is 23.0 Å². The normalized spacial score (nSPS) is 13.0. The molecular weight excluding hydrogens is 343 g/mol. The second kappa shape index (κ2) is 6.94. The number of hydrogen-bond donors (Lipinski definition) is 3. The fraction of sp³-hybridized carbons (Fsp3) is 0.100. The molecule has 27 heavy (non-hydrogen) atoms. The Hall–Kier alpha value is -3.63. The van der Waals surface area contributed by atoms with Crippen molar-refractivity contribution in [2.75, 3.05) is 18.9 Å². The SMILES string of the molecule is CNc1cc(-c2ccc(C#N)c(F)c2)n(-c2ccc(C3=CNNC3)cc2)n1. The number of hydrogen-bond acceptors (Lipinski definition) is 5. The van der Waals surface area contributed by atoms with Gasteiger partial charge in [-0.1, -0.05) is 18.2 Å². The first-order chi connectivity index (χ1) is 13.2. The second-order valence-corrected chi connectivity index (χ2v) is 6.10. The Morgan fingerprint density at radius 3 is 2.56 bits per heavy atom. The standard InChI is InChI=1S/C20H17FN6/c1-23-20-9-19(14-2-3-15(10-22)18(21)8-14)27(26-20)17-6-4-13(5-7-17)16-11-24-25-12-16/h2-9,11,24-25H,12H2,1H3,(H,23,26). The smallest absolute Gasteiger partial charge is 0.148 e. The zero-order valence-electron chi connectivity index (χ0n) is 14.6. The number of rotatable bonds is 4. The highest BCUT2D eigenvalue weighted by Crippen LogP contribution is 2.28. The van der Waals surface area contributed by atoms with Gasteiger partial charge in [-0.05, 0) is 35.4 Å². The summed E-state index contributed by atoms with van der Waals surface area (Å²) >= 11 is 0. The predicted octanol–water partition coefficient (Wildman–Crippen LogP) is 3.04. The third-order valence-corrected chi connectivity index (χ3v) is 4.46. The van der Waals surface area contributed by atoms with E-state index < -0.39 is 5.82 Å². The molecule has 3 aromatic rings. The van der Waals surface area contributed by atoms with Crippen LogP contribution in [0, 0.1) is 17.1 Å². The average Bonchev–Trinajstić information content (AvgIpc) is 3.38. The van der Waals surface area contributed by atoms with Gasteiger partial charge in [0.1, 0.15) is 17.7 Å². The van der Waals surface area contributed by atoms with Crippen molar-refractivity contribution in [2.24, 2.45) is 0 Å². The van der Waals surface area contributed by atoms with Crippen molar-refractivity contribution >= 4 is 11.4 Å². The number of nitrogens with one attached hydrogen (secondary N) is 3. The molecule has 0 radical (unpaired) electrons. The summed E-state index contributed by atoms with van der Waals surface area (Å²) in [6.45, 7) is 0.765. The Balaban J connectivity index is 1.76. The summed E-state index contributed by atoms with van der Waals surface area (Å²) in [6, 6.07) is 16.3. The molecule has 0 spiro atoms. The van der Waals surface area contributed by atoms with Gasteiger partial charge in [-0.3, -0.25) is 0 Å². The Kier molecular flexibility index (Phi) is 4.32. The molecule has 3 N–H and O–H groups in total. The van der Waals surface area contributed by atoms with Crippen LogP contribution in [0.15, 0.2) is 54.7 Å². The summed E-state index contributed by atoms with van der Waals surface area (Å²) in [5, 5.41) is 16.5. The maximum absolute atomic E-state index is 14.1. The summed E-state index contributed by atoms with van der Waals surface area (Å²) < 4.78 is 15.9. The van der Waals surface area contributed by atoms with Gasteiger partial charge in [-0.2, -0.15) is 5.26 Å². The van der Waals surface area contributed by atoms with Crippen LogP contribution in [0.3, 0.4) is 0 Å². The first kappa shape index (κ1) is 16.8. The monoisotopic (exact) mass is 360 g/mol. The third-order valence-electron chi connectivity index (χ3n) is 4.46. The molecule has 134 valence electrons. The van der Waals surface area contributed by atoms with Crippen molar-refractivity contribution in [3.63, 3.8) is 0 Å². The van der Waals surface area contributed by atoms with Crippen LogP contribution < -0.4 is 16.2 Å². The van der Waals surface area contributed by atoms with Crippen LogP contribution in [0.4, 0.5) is 10.2 Å². The summed E-state index contributed by atoms with van der Waals surface area (Å²) in [5.74, 6) is 0.128. The van der Waals surface area contributed by atoms with E-state index in [0.717, 1.165) is 23.5 Å². The summed E-state index contributed by atoms with van der Waals surface area (Å²) in [6.07, 6.45) is 1.94. The number of nitriles is 1. The zero-order valence-corrected chi connectivity index (χ0v) is 14.6. The van der Waals surface area contributed by atoms with Crippen molar-refractivity contribution in [1.82, 2.24) is 20.6 Å². The number of halogens is 1. The van der Waals surface area contributed by atoms with E-state index in [9.17, 15) is 4.39 Å². The predicted molar refractivity (Wildman–Crippen MR) is 102 cm³/mol. The van der Waals surface area contributed by atoms with E-state index in [0.29, 0.717) is 11.4 Å². The lowest BCUT2D eigenvalue weighted by Gasteiger charge is -2.09. The minimum Gasteiger partial charge on any atom is -0.372 e. The first-order valence-corrected chi connectivity index (χ1v) is 8.45. The molecule has 0 atom stereocenters. The molecule has 0 saturated heterocycles. The van der Waals surface area contributed by atoms with Crippen molar-refractivity contribution < 1.29 is 4.39 Å². The van der Waals surface area contributed by atoms with E-state index in [1.807, 2.05) is 42.6 Å². The number of nitrogens with zero attached hydrogens (tertiary/aromatic N) is 3. The topological polar surface area (TPSA) is 77.7 Å². The first-order valence-electron chi connectivity index (χ1n) is 8.45. The molecular formula is C20H17FN6. The lowest BCUT2D eigenvalue weighted by molar-refractivity contribution is 0.624. The molecule has 2 heterocycles. The maximum atomic E-state index is 14.1. The molecule has 0 bridgehead atoms. The van der Waals surface area contributed by atoms with Crippen LogP contribution in [0.2, 0.25) is 0 Å². The molecule has 2 aromatic carbocycles. The molecule has 1 aromatic heterocycles. The van der Waals surface area contributed by atoms with Gasteiger partial charge < -0.3 is 10.7 Å². The minimum absolute atomic E-state index is 0.0232. The van der Waals surface area contributed by atoms with E-state index in [2.05, 4.69) is 21.3 Å². The molecule has 4 rings (SSSR count). The van der Waals surface area contributed by atoms with Gasteiger partial charge in [-0.15, -0.1) is 5.10 Å². The largest absolute Gasteiger partial charge is 0.372 e. The molecule has 7 heteroatoms. The average molecular weight is 360 g/mol. The van der Waals surface area contributed by atoms with E-state index in [4.69, 9.17) is 5.26 Å². The highest BCUT2D eigenvalue weighted by Gasteiger charge is 2.14. The van der Waals surface area contributed by atoms with E-state index in [1.54, 1.807) is 17.8 Å². The fourth-order valence-corrected chi connectivity index (χ4v) is 3.01. The van der Waals surface area contributed by atoms with Gasteiger partial charge >= 0.3 is 0 Å². The van der Waals surface area contributed by atoms with Crippen LogP contribution in [0.25, 0.3) is 22.5 Å². The number of benzene rings is 2. The van der Waals surface area contributed by atoms with Crippen molar-refractivity contribution in [2.45, 2.75) is 0 Å². The van der Waals surface area contributed by atoms with E-state index >= 15 is 0 Å². The van der Waals surface area contributed by atoms with Gasteiger partial charge in [0.2, 0.25) is 0 Å². The van der Waals surface area contributed by atoms with Crippen LogP contribution in [-0.4, -0.2) is 23.4 Å². The third kappa shape index (κ3) is 3.14. The van der Waals surface area contributed by atoms with E-state index in [-0.39, 0.29) is 5.56 Å². The molecule has 1 aliphatic heterocycles. The molecule has 1 aliphatic rings. The van der Waals surface area contributed by atoms with Crippen LogP contribution in [0.1, 0.15) is 11.1 Å². The Bertz CT molecular complexity index is 1060.